The number of aryl methyl sites for hydroxylation is 1. The van der Waals surface area contributed by atoms with E-state index in [4.69, 9.17) is 0 Å². The molecule has 1 fully saturated rings. The van der Waals surface area contributed by atoms with E-state index in [2.05, 4.69) is 21.8 Å². The summed E-state index contributed by atoms with van der Waals surface area (Å²) in [6, 6.07) is 1.46. The van der Waals surface area contributed by atoms with Crippen molar-refractivity contribution in [2.24, 2.45) is 0 Å². The van der Waals surface area contributed by atoms with Crippen LogP contribution in [0.4, 0.5) is 0 Å². The summed E-state index contributed by atoms with van der Waals surface area (Å²) < 4.78 is 2.31. The Kier molecular flexibility index (Phi) is 3.19. The van der Waals surface area contributed by atoms with Crippen LogP contribution in [-0.4, -0.2) is 21.6 Å². The first-order valence-electron chi connectivity index (χ1n) is 7.15. The molecular weight excluding hydrogens is 210 g/mol. The number of nitrogens with one attached hydrogen (secondary N) is 1. The maximum Gasteiger partial charge on any atom is 0.0951 e. The minimum atomic E-state index is 0.672. The molecule has 1 N–H and O–H groups in total. The lowest BCUT2D eigenvalue weighted by atomic mass is 9.95. The van der Waals surface area contributed by atoms with Gasteiger partial charge in [0.05, 0.1) is 12.0 Å². The molecule has 1 unspecified atom stereocenters. The molecule has 2 aliphatic rings. The van der Waals surface area contributed by atoms with E-state index >= 15 is 0 Å². The van der Waals surface area contributed by atoms with Crippen molar-refractivity contribution >= 4 is 0 Å². The number of fused-ring (bicyclic) bond motifs is 1. The van der Waals surface area contributed by atoms with Gasteiger partial charge in [0, 0.05) is 30.7 Å². The zero-order valence-corrected chi connectivity index (χ0v) is 10.8. The molecule has 3 heteroatoms. The molecule has 3 nitrogen and oxygen atoms in total. The number of rotatable bonds is 3. The van der Waals surface area contributed by atoms with Crippen molar-refractivity contribution in [1.29, 1.82) is 0 Å². The molecule has 0 amide bonds. The van der Waals surface area contributed by atoms with Crippen LogP contribution in [0.25, 0.3) is 0 Å². The number of hydrogen-bond acceptors (Lipinski definition) is 2. The number of nitrogens with zero attached hydrogens (tertiary/aromatic N) is 2. The normalized spacial score (nSPS) is 25.1. The predicted molar refractivity (Wildman–Crippen MR) is 69.1 cm³/mol. The molecule has 1 aromatic heterocycles. The third kappa shape index (κ3) is 2.25. The van der Waals surface area contributed by atoms with Gasteiger partial charge in [-0.05, 0) is 32.6 Å². The molecule has 0 aromatic carbocycles. The van der Waals surface area contributed by atoms with Crippen molar-refractivity contribution in [3.05, 3.63) is 17.7 Å². The molecule has 0 radical (unpaired) electrons. The van der Waals surface area contributed by atoms with Gasteiger partial charge >= 0.3 is 0 Å². The Morgan fingerprint density at radius 2 is 2.12 bits per heavy atom. The van der Waals surface area contributed by atoms with Gasteiger partial charge in [0.15, 0.2) is 0 Å². The number of imidazole rings is 1. The highest BCUT2D eigenvalue weighted by molar-refractivity contribution is 5.18. The highest BCUT2D eigenvalue weighted by atomic mass is 15.1. The first-order valence-corrected chi connectivity index (χ1v) is 7.15. The van der Waals surface area contributed by atoms with Crippen molar-refractivity contribution < 1.29 is 0 Å². The van der Waals surface area contributed by atoms with E-state index in [9.17, 15) is 0 Å². The molecule has 1 heterocycles. The first kappa shape index (κ1) is 11.3. The zero-order chi connectivity index (χ0) is 11.7. The average Bonchev–Trinajstić information content (AvgIpc) is 2.97. The second kappa shape index (κ2) is 4.81. The summed E-state index contributed by atoms with van der Waals surface area (Å²) in [5, 5.41) is 3.84. The van der Waals surface area contributed by atoms with Gasteiger partial charge in [-0.25, -0.2) is 4.98 Å². The van der Waals surface area contributed by atoms with Crippen LogP contribution in [0.1, 0.15) is 50.4 Å². The Labute approximate surface area is 104 Å². The largest absolute Gasteiger partial charge is 0.335 e. The minimum Gasteiger partial charge on any atom is -0.335 e. The summed E-state index contributed by atoms with van der Waals surface area (Å²) in [4.78, 5) is 4.58. The van der Waals surface area contributed by atoms with Gasteiger partial charge in [0.2, 0.25) is 0 Å². The Bertz CT molecular complexity index is 377. The Morgan fingerprint density at radius 1 is 1.29 bits per heavy atom. The highest BCUT2D eigenvalue weighted by Crippen LogP contribution is 2.24. The van der Waals surface area contributed by atoms with E-state index in [0.29, 0.717) is 6.04 Å². The monoisotopic (exact) mass is 233 g/mol. The summed E-state index contributed by atoms with van der Waals surface area (Å²) in [7, 11) is 0. The van der Waals surface area contributed by atoms with Crippen molar-refractivity contribution in [1.82, 2.24) is 14.9 Å². The summed E-state index contributed by atoms with van der Waals surface area (Å²) in [5.74, 6) is 0. The van der Waals surface area contributed by atoms with Crippen LogP contribution in [0, 0.1) is 0 Å². The zero-order valence-electron chi connectivity index (χ0n) is 10.8. The highest BCUT2D eigenvalue weighted by Gasteiger charge is 2.25. The van der Waals surface area contributed by atoms with E-state index in [1.54, 1.807) is 0 Å². The summed E-state index contributed by atoms with van der Waals surface area (Å²) in [5.41, 5.74) is 2.82. The Hall–Kier alpha value is -0.830. The number of hydrogen-bond donors (Lipinski definition) is 1. The van der Waals surface area contributed by atoms with E-state index in [-0.39, 0.29) is 0 Å². The van der Waals surface area contributed by atoms with Gasteiger partial charge in [0.1, 0.15) is 0 Å². The van der Waals surface area contributed by atoms with Crippen LogP contribution in [-0.2, 0) is 19.4 Å². The quantitative estimate of drug-likeness (QED) is 0.868. The first-order chi connectivity index (χ1) is 8.36. The van der Waals surface area contributed by atoms with Crippen LogP contribution in [0.5, 0.6) is 0 Å². The summed E-state index contributed by atoms with van der Waals surface area (Å²) >= 11 is 0. The van der Waals surface area contributed by atoms with Gasteiger partial charge in [0.25, 0.3) is 0 Å². The molecule has 17 heavy (non-hydrogen) atoms. The predicted octanol–water partition coefficient (Wildman–Crippen LogP) is 2.29. The fourth-order valence-corrected chi connectivity index (χ4v) is 3.39. The van der Waals surface area contributed by atoms with Crippen LogP contribution in [0.15, 0.2) is 6.33 Å². The van der Waals surface area contributed by atoms with Gasteiger partial charge in [-0.1, -0.05) is 12.8 Å². The maximum atomic E-state index is 4.58. The van der Waals surface area contributed by atoms with Gasteiger partial charge in [-0.2, -0.15) is 0 Å². The molecule has 1 atom stereocenters. The third-order valence-electron chi connectivity index (χ3n) is 4.37. The van der Waals surface area contributed by atoms with E-state index in [0.717, 1.165) is 19.0 Å². The van der Waals surface area contributed by atoms with Crippen molar-refractivity contribution in [3.8, 4) is 0 Å². The summed E-state index contributed by atoms with van der Waals surface area (Å²) in [6.45, 7) is 3.26. The van der Waals surface area contributed by atoms with E-state index in [1.165, 1.54) is 49.9 Å². The molecule has 0 aliphatic heterocycles. The average molecular weight is 233 g/mol. The second-order valence-corrected chi connectivity index (χ2v) is 5.51. The molecular formula is C14H23N3. The molecule has 1 saturated carbocycles. The van der Waals surface area contributed by atoms with Crippen molar-refractivity contribution in [2.75, 3.05) is 0 Å². The van der Waals surface area contributed by atoms with Crippen LogP contribution in [0.2, 0.25) is 0 Å². The lowest BCUT2D eigenvalue weighted by Crippen LogP contribution is -2.40. The van der Waals surface area contributed by atoms with Crippen molar-refractivity contribution in [3.63, 3.8) is 0 Å². The molecule has 94 valence electrons. The summed E-state index contributed by atoms with van der Waals surface area (Å²) in [6.07, 6.45) is 11.2. The topological polar surface area (TPSA) is 29.9 Å². The molecule has 0 bridgehead atoms. The van der Waals surface area contributed by atoms with Gasteiger partial charge in [-0.3, -0.25) is 0 Å². The number of aromatic nitrogens is 2. The van der Waals surface area contributed by atoms with Gasteiger partial charge < -0.3 is 9.88 Å². The Morgan fingerprint density at radius 3 is 2.88 bits per heavy atom. The maximum absolute atomic E-state index is 4.58. The SMILES string of the molecule is CCn1cnc2c1CCC(NC1CCCC1)C2. The molecule has 2 aliphatic carbocycles. The fourth-order valence-electron chi connectivity index (χ4n) is 3.39. The van der Waals surface area contributed by atoms with Crippen molar-refractivity contribution in [2.45, 2.75) is 70.5 Å². The van der Waals surface area contributed by atoms with E-state index < -0.39 is 0 Å². The second-order valence-electron chi connectivity index (χ2n) is 5.51. The third-order valence-corrected chi connectivity index (χ3v) is 4.37. The standard InChI is InChI=1S/C14H23N3/c1-2-17-10-15-13-9-12(7-8-14(13)17)16-11-5-3-4-6-11/h10-12,16H,2-9H2,1H3. The van der Waals surface area contributed by atoms with E-state index in [1.807, 2.05) is 6.33 Å². The van der Waals surface area contributed by atoms with Crippen LogP contribution < -0.4 is 5.32 Å². The molecule has 0 saturated heterocycles. The fraction of sp³-hybridized carbons (Fsp3) is 0.786. The molecule has 3 rings (SSSR count). The van der Waals surface area contributed by atoms with Crippen LogP contribution in [0.3, 0.4) is 0 Å². The Balaban J connectivity index is 1.64. The lowest BCUT2D eigenvalue weighted by Gasteiger charge is -2.26. The smallest absolute Gasteiger partial charge is 0.0951 e. The minimum absolute atomic E-state index is 0.672. The molecule has 0 spiro atoms. The lowest BCUT2D eigenvalue weighted by molar-refractivity contribution is 0.389. The van der Waals surface area contributed by atoms with Crippen LogP contribution >= 0.6 is 0 Å². The van der Waals surface area contributed by atoms with Gasteiger partial charge in [-0.15, -0.1) is 0 Å². The molecule has 1 aromatic rings.